The van der Waals surface area contributed by atoms with Gasteiger partial charge in [-0.3, -0.25) is 9.52 Å². The molecule has 3 rings (SSSR count). The van der Waals surface area contributed by atoms with Gasteiger partial charge < -0.3 is 15.5 Å². The lowest BCUT2D eigenvalue weighted by Gasteiger charge is -2.12. The summed E-state index contributed by atoms with van der Waals surface area (Å²) < 4.78 is 27.6. The highest BCUT2D eigenvalue weighted by Crippen LogP contribution is 2.29. The molecule has 0 fully saturated rings. The number of hydrogen-bond donors (Lipinski definition) is 4. The fourth-order valence-corrected chi connectivity index (χ4v) is 3.67. The van der Waals surface area contributed by atoms with E-state index in [0.717, 1.165) is 12.1 Å². The molecule has 1 amide bonds. The number of carbonyl (C=O) groups excluding carboxylic acids is 1. The average Bonchev–Trinajstić information content (AvgIpc) is 2.63. The number of anilines is 2. The minimum atomic E-state index is -4.00. The summed E-state index contributed by atoms with van der Waals surface area (Å²) in [5.41, 5.74) is 0.120. The Bertz CT molecular complexity index is 1150. The van der Waals surface area contributed by atoms with Crippen LogP contribution >= 0.6 is 11.6 Å². The number of halogens is 1. The molecule has 3 aromatic carbocycles. The normalized spacial score (nSPS) is 11.0. The maximum absolute atomic E-state index is 12.6. The van der Waals surface area contributed by atoms with E-state index in [1.165, 1.54) is 30.3 Å². The second-order valence-electron chi connectivity index (χ2n) is 5.77. The standard InChI is InChI=1S/C19H15ClN2O5S/c20-12-4-3-5-13(10-12)22-28(26,27)14-8-9-18(24)16(11-14)21-19(25)15-6-1-2-7-17(15)23/h1-11,22-24H,(H,21,25). The highest BCUT2D eigenvalue weighted by molar-refractivity contribution is 7.92. The van der Waals surface area contributed by atoms with Gasteiger partial charge in [-0.2, -0.15) is 0 Å². The third-order valence-electron chi connectivity index (χ3n) is 3.75. The second-order valence-corrected chi connectivity index (χ2v) is 7.88. The summed E-state index contributed by atoms with van der Waals surface area (Å²) in [5.74, 6) is -1.28. The van der Waals surface area contributed by atoms with Crippen LogP contribution in [0.15, 0.2) is 71.6 Å². The first-order valence-electron chi connectivity index (χ1n) is 7.97. The molecule has 0 unspecified atom stereocenters. The van der Waals surface area contributed by atoms with Gasteiger partial charge in [0.1, 0.15) is 11.5 Å². The van der Waals surface area contributed by atoms with Crippen LogP contribution in [0.1, 0.15) is 10.4 Å². The predicted octanol–water partition coefficient (Wildman–Crippen LogP) is 3.80. The molecule has 0 saturated carbocycles. The molecule has 3 aromatic rings. The number of phenols is 2. The van der Waals surface area contributed by atoms with Crippen molar-refractivity contribution in [1.82, 2.24) is 0 Å². The van der Waals surface area contributed by atoms with Crippen molar-refractivity contribution in [3.8, 4) is 11.5 Å². The van der Waals surface area contributed by atoms with Gasteiger partial charge in [0.2, 0.25) is 0 Å². The first kappa shape index (κ1) is 19.5. The summed E-state index contributed by atoms with van der Waals surface area (Å²) in [5, 5.41) is 22.5. The Balaban J connectivity index is 1.88. The van der Waals surface area contributed by atoms with E-state index < -0.39 is 15.9 Å². The van der Waals surface area contributed by atoms with Crippen molar-refractivity contribution in [2.24, 2.45) is 0 Å². The van der Waals surface area contributed by atoms with E-state index in [4.69, 9.17) is 11.6 Å². The molecule has 0 saturated heterocycles. The predicted molar refractivity (Wildman–Crippen MR) is 106 cm³/mol. The van der Waals surface area contributed by atoms with Gasteiger partial charge in [-0.05, 0) is 48.5 Å². The Morgan fingerprint density at radius 3 is 2.36 bits per heavy atom. The Labute approximate surface area is 166 Å². The third kappa shape index (κ3) is 4.36. The van der Waals surface area contributed by atoms with E-state index in [0.29, 0.717) is 5.02 Å². The van der Waals surface area contributed by atoms with Gasteiger partial charge >= 0.3 is 0 Å². The molecule has 0 aliphatic heterocycles. The van der Waals surface area contributed by atoms with E-state index >= 15 is 0 Å². The van der Waals surface area contributed by atoms with Gasteiger partial charge in [0.25, 0.3) is 15.9 Å². The minimum absolute atomic E-state index is 0.0211. The number of aromatic hydroxyl groups is 2. The van der Waals surface area contributed by atoms with Crippen LogP contribution in [-0.4, -0.2) is 24.5 Å². The van der Waals surface area contributed by atoms with E-state index in [1.54, 1.807) is 24.3 Å². The summed E-state index contributed by atoms with van der Waals surface area (Å²) in [6.45, 7) is 0. The van der Waals surface area contributed by atoms with Crippen LogP contribution in [0.5, 0.6) is 11.5 Å². The molecule has 0 heterocycles. The second kappa shape index (κ2) is 7.79. The summed E-state index contributed by atoms with van der Waals surface area (Å²) >= 11 is 5.86. The summed E-state index contributed by atoms with van der Waals surface area (Å²) in [6, 6.07) is 15.5. The molecule has 0 aromatic heterocycles. The van der Waals surface area contributed by atoms with Crippen LogP contribution in [0.25, 0.3) is 0 Å². The molecule has 0 atom stereocenters. The van der Waals surface area contributed by atoms with Gasteiger partial charge in [-0.25, -0.2) is 8.42 Å². The van der Waals surface area contributed by atoms with Crippen LogP contribution in [0.3, 0.4) is 0 Å². The van der Waals surface area contributed by atoms with Gasteiger partial charge in [0.15, 0.2) is 0 Å². The van der Waals surface area contributed by atoms with Gasteiger partial charge in [0.05, 0.1) is 21.8 Å². The van der Waals surface area contributed by atoms with Crippen LogP contribution in [0.4, 0.5) is 11.4 Å². The molecule has 0 radical (unpaired) electrons. The van der Waals surface area contributed by atoms with E-state index in [-0.39, 0.29) is 33.3 Å². The highest BCUT2D eigenvalue weighted by Gasteiger charge is 2.18. The zero-order valence-corrected chi connectivity index (χ0v) is 15.8. The molecule has 0 aliphatic rings. The van der Waals surface area contributed by atoms with Crippen LogP contribution in [-0.2, 0) is 10.0 Å². The minimum Gasteiger partial charge on any atom is -0.507 e. The first-order chi connectivity index (χ1) is 13.3. The topological polar surface area (TPSA) is 116 Å². The molecular formula is C19H15ClN2O5S. The van der Waals surface area contributed by atoms with Crippen molar-refractivity contribution < 1.29 is 23.4 Å². The number of carbonyl (C=O) groups is 1. The van der Waals surface area contributed by atoms with Gasteiger partial charge in [-0.1, -0.05) is 29.8 Å². The summed E-state index contributed by atoms with van der Waals surface area (Å²) in [6.07, 6.45) is 0. The fourth-order valence-electron chi connectivity index (χ4n) is 2.40. The lowest BCUT2D eigenvalue weighted by Crippen LogP contribution is -2.15. The van der Waals surface area contributed by atoms with Crippen molar-refractivity contribution in [1.29, 1.82) is 0 Å². The van der Waals surface area contributed by atoms with E-state index in [9.17, 15) is 23.4 Å². The van der Waals surface area contributed by atoms with Gasteiger partial charge in [0, 0.05) is 5.02 Å². The van der Waals surface area contributed by atoms with E-state index in [1.807, 2.05) is 0 Å². The Kier molecular flexibility index (Phi) is 5.43. The maximum atomic E-state index is 12.6. The smallest absolute Gasteiger partial charge is 0.261 e. The summed E-state index contributed by atoms with van der Waals surface area (Å²) in [7, 11) is -4.00. The monoisotopic (exact) mass is 418 g/mol. The van der Waals surface area contributed by atoms with Crippen molar-refractivity contribution >= 4 is 38.9 Å². The Morgan fingerprint density at radius 1 is 0.893 bits per heavy atom. The molecule has 4 N–H and O–H groups in total. The zero-order valence-electron chi connectivity index (χ0n) is 14.3. The molecule has 0 bridgehead atoms. The SMILES string of the molecule is O=C(Nc1cc(S(=O)(=O)Nc2cccc(Cl)c2)ccc1O)c1ccccc1O. The molecule has 0 aliphatic carbocycles. The van der Waals surface area contributed by atoms with Crippen LogP contribution < -0.4 is 10.0 Å². The number of benzene rings is 3. The lowest BCUT2D eigenvalue weighted by molar-refractivity contribution is 0.102. The molecule has 144 valence electrons. The number of sulfonamides is 1. The number of rotatable bonds is 5. The number of amides is 1. The van der Waals surface area contributed by atoms with Crippen molar-refractivity contribution in [3.05, 3.63) is 77.3 Å². The highest BCUT2D eigenvalue weighted by atomic mass is 35.5. The lowest BCUT2D eigenvalue weighted by atomic mass is 10.2. The number of phenolic OH excluding ortho intramolecular Hbond substituents is 2. The quantitative estimate of drug-likeness (QED) is 0.470. The van der Waals surface area contributed by atoms with Crippen LogP contribution in [0.2, 0.25) is 5.02 Å². The molecule has 28 heavy (non-hydrogen) atoms. The van der Waals surface area contributed by atoms with Crippen molar-refractivity contribution in [2.45, 2.75) is 4.90 Å². The first-order valence-corrected chi connectivity index (χ1v) is 9.83. The van der Waals surface area contributed by atoms with Crippen molar-refractivity contribution in [3.63, 3.8) is 0 Å². The largest absolute Gasteiger partial charge is 0.507 e. The number of nitrogens with one attached hydrogen (secondary N) is 2. The number of hydrogen-bond acceptors (Lipinski definition) is 5. The third-order valence-corrected chi connectivity index (χ3v) is 5.37. The van der Waals surface area contributed by atoms with Crippen molar-refractivity contribution in [2.75, 3.05) is 10.0 Å². The zero-order chi connectivity index (χ0) is 20.3. The molecular weight excluding hydrogens is 404 g/mol. The summed E-state index contributed by atoms with van der Waals surface area (Å²) in [4.78, 5) is 12.1. The maximum Gasteiger partial charge on any atom is 0.261 e. The Morgan fingerprint density at radius 2 is 1.64 bits per heavy atom. The van der Waals surface area contributed by atoms with Gasteiger partial charge in [-0.15, -0.1) is 0 Å². The van der Waals surface area contributed by atoms with Crippen LogP contribution in [0, 0.1) is 0 Å². The average molecular weight is 419 g/mol. The van der Waals surface area contributed by atoms with E-state index in [2.05, 4.69) is 10.0 Å². The Hall–Kier alpha value is -3.23. The molecule has 0 spiro atoms. The molecule has 9 heteroatoms. The molecule has 7 nitrogen and oxygen atoms in total. The number of para-hydroxylation sites is 1. The fraction of sp³-hybridized carbons (Fsp3) is 0.